The van der Waals surface area contributed by atoms with Gasteiger partial charge in [0, 0.05) is 25.4 Å². The fraction of sp³-hybridized carbons (Fsp3) is 0.217. The van der Waals surface area contributed by atoms with E-state index in [1.807, 2.05) is 90.7 Å². The minimum Gasteiger partial charge on any atom is -0.489 e. The Kier molecular flexibility index (Phi) is 11.6. The molecule has 5 aromatic carbocycles. The number of hydrogen-bond acceptors (Lipinski definition) is 8. The van der Waals surface area contributed by atoms with Crippen molar-refractivity contribution in [3.8, 4) is 34.4 Å². The molecule has 3 heterocycles. The summed E-state index contributed by atoms with van der Waals surface area (Å²) in [6.07, 6.45) is 3.47. The molecule has 11 nitrogen and oxygen atoms in total. The number of nitrogens with zero attached hydrogens (tertiary/aromatic N) is 3. The molecule has 1 aromatic heterocycles. The first-order valence-corrected chi connectivity index (χ1v) is 19.9. The second-order valence-corrected chi connectivity index (χ2v) is 15.4. The number of nitriles is 1. The van der Waals surface area contributed by atoms with E-state index in [1.54, 1.807) is 36.7 Å². The Morgan fingerprint density at radius 2 is 1.66 bits per heavy atom. The number of nitrogens with one attached hydrogen (secondary N) is 2. The van der Waals surface area contributed by atoms with Gasteiger partial charge in [-0.1, -0.05) is 77.8 Å². The summed E-state index contributed by atoms with van der Waals surface area (Å²) < 4.78 is 18.7. The molecule has 1 amide bonds. The highest BCUT2D eigenvalue weighted by Gasteiger charge is 2.38. The van der Waals surface area contributed by atoms with E-state index in [4.69, 9.17) is 42.7 Å². The van der Waals surface area contributed by atoms with Gasteiger partial charge in [0.05, 0.1) is 33.8 Å². The average molecular weight is 829 g/mol. The number of benzene rings is 5. The lowest BCUT2D eigenvalue weighted by Crippen LogP contribution is -2.55. The van der Waals surface area contributed by atoms with Gasteiger partial charge in [-0.3, -0.25) is 9.69 Å². The molecule has 0 aliphatic carbocycles. The average Bonchev–Trinajstić information content (AvgIpc) is 3.81. The van der Waals surface area contributed by atoms with Gasteiger partial charge < -0.3 is 29.6 Å². The maximum atomic E-state index is 14.2. The first kappa shape index (κ1) is 39.5. The van der Waals surface area contributed by atoms with E-state index < -0.39 is 24.0 Å². The number of hydrogen-bond donors (Lipinski definition) is 3. The largest absolute Gasteiger partial charge is 0.489 e. The molecule has 59 heavy (non-hydrogen) atoms. The van der Waals surface area contributed by atoms with Crippen LogP contribution in [-0.2, 0) is 35.6 Å². The Labute approximate surface area is 351 Å². The zero-order chi connectivity index (χ0) is 41.0. The molecular formula is C46H39Cl2N5O6. The van der Waals surface area contributed by atoms with Crippen LogP contribution < -0.4 is 19.5 Å². The minimum atomic E-state index is -1.16. The maximum Gasteiger partial charge on any atom is 0.326 e. The summed E-state index contributed by atoms with van der Waals surface area (Å²) in [4.78, 5) is 36.4. The number of carbonyl (C=O) groups excluding carboxylic acids is 1. The number of aromatic nitrogens is 2. The van der Waals surface area contributed by atoms with E-state index in [-0.39, 0.29) is 25.2 Å². The van der Waals surface area contributed by atoms with E-state index in [9.17, 15) is 14.7 Å². The first-order chi connectivity index (χ1) is 28.6. The van der Waals surface area contributed by atoms with Gasteiger partial charge in [-0.05, 0) is 101 Å². The van der Waals surface area contributed by atoms with Gasteiger partial charge in [0.15, 0.2) is 17.6 Å². The van der Waals surface area contributed by atoms with E-state index in [2.05, 4.69) is 21.4 Å². The monoisotopic (exact) mass is 827 g/mol. The predicted octanol–water partition coefficient (Wildman–Crippen LogP) is 8.65. The maximum absolute atomic E-state index is 14.2. The predicted molar refractivity (Wildman–Crippen MR) is 222 cm³/mol. The third kappa shape index (κ3) is 8.91. The summed E-state index contributed by atoms with van der Waals surface area (Å²) in [6.45, 7) is 2.99. The number of imidazole rings is 1. The molecule has 298 valence electrons. The quantitative estimate of drug-likeness (QED) is 0.110. The van der Waals surface area contributed by atoms with Crippen LogP contribution in [-0.4, -0.2) is 50.5 Å². The number of carboxylic acid groups (broad SMARTS) is 1. The van der Waals surface area contributed by atoms with Gasteiger partial charge >= 0.3 is 5.97 Å². The Balaban J connectivity index is 0.962. The van der Waals surface area contributed by atoms with Crippen LogP contribution in [0.2, 0.25) is 10.0 Å². The van der Waals surface area contributed by atoms with Crippen molar-refractivity contribution in [1.29, 1.82) is 5.26 Å². The molecule has 0 saturated carbocycles. The molecule has 0 saturated heterocycles. The van der Waals surface area contributed by atoms with Gasteiger partial charge in [0.1, 0.15) is 30.8 Å². The Bertz CT molecular complexity index is 2510. The molecule has 0 fully saturated rings. The lowest BCUT2D eigenvalue weighted by Gasteiger charge is -2.40. The summed E-state index contributed by atoms with van der Waals surface area (Å²) in [7, 11) is 0. The number of amides is 1. The number of aromatic amines is 1. The molecule has 13 heteroatoms. The molecule has 4 unspecified atom stereocenters. The Hall–Kier alpha value is -6.32. The molecule has 6 aromatic rings. The highest BCUT2D eigenvalue weighted by atomic mass is 35.5. The van der Waals surface area contributed by atoms with Crippen LogP contribution in [0.25, 0.3) is 11.1 Å². The number of ether oxygens (including phenoxy) is 3. The Morgan fingerprint density at radius 3 is 2.34 bits per heavy atom. The van der Waals surface area contributed by atoms with Crippen molar-refractivity contribution in [3.63, 3.8) is 0 Å². The zero-order valence-electron chi connectivity index (χ0n) is 31.9. The number of halogens is 2. The van der Waals surface area contributed by atoms with E-state index >= 15 is 0 Å². The van der Waals surface area contributed by atoms with Crippen molar-refractivity contribution in [2.24, 2.45) is 0 Å². The van der Waals surface area contributed by atoms with Crippen molar-refractivity contribution >= 4 is 35.1 Å². The standard InChI is InChI=1S/C46H39Cl2N5O6/c1-27(44-50-16-17-51-44)53-24-35-22-42-41(58-26-43(59-42)33-11-13-36(14-12-33)57-25-30-6-15-37(47)38(48)18-30)21-34(35)20-40(53)45(54)52-39(46(55)56)19-28-2-7-31(8-3-28)32-9-4-29(23-49)5-10-32/h2-18,21-22,27,39-40,43H,19-20,24-26H2,1H3,(H,50,51)(H,52,54)(H,55,56). The Morgan fingerprint density at radius 1 is 0.949 bits per heavy atom. The fourth-order valence-corrected chi connectivity index (χ4v) is 7.82. The van der Waals surface area contributed by atoms with Crippen LogP contribution in [0.1, 0.15) is 58.3 Å². The van der Waals surface area contributed by atoms with Crippen LogP contribution in [0, 0.1) is 11.3 Å². The summed E-state index contributed by atoms with van der Waals surface area (Å²) in [6, 6.07) is 31.7. The van der Waals surface area contributed by atoms with Gasteiger partial charge in [-0.2, -0.15) is 5.26 Å². The number of aliphatic carboxylic acids is 1. The number of carboxylic acids is 1. The van der Waals surface area contributed by atoms with Gasteiger partial charge in [-0.25, -0.2) is 9.78 Å². The van der Waals surface area contributed by atoms with Crippen LogP contribution in [0.4, 0.5) is 0 Å². The van der Waals surface area contributed by atoms with Crippen LogP contribution in [0.5, 0.6) is 17.2 Å². The summed E-state index contributed by atoms with van der Waals surface area (Å²) >= 11 is 12.2. The molecule has 0 radical (unpaired) electrons. The summed E-state index contributed by atoms with van der Waals surface area (Å²) in [5.74, 6) is 1.04. The molecule has 2 aliphatic heterocycles. The summed E-state index contributed by atoms with van der Waals surface area (Å²) in [5.41, 5.74) is 6.92. The zero-order valence-corrected chi connectivity index (χ0v) is 33.4. The molecular weight excluding hydrogens is 789 g/mol. The van der Waals surface area contributed by atoms with Crippen LogP contribution >= 0.6 is 23.2 Å². The molecule has 4 atom stereocenters. The lowest BCUT2D eigenvalue weighted by molar-refractivity contribution is -0.143. The molecule has 3 N–H and O–H groups in total. The molecule has 8 rings (SSSR count). The summed E-state index contributed by atoms with van der Waals surface area (Å²) in [5, 5.41) is 23.2. The fourth-order valence-electron chi connectivity index (χ4n) is 7.50. The van der Waals surface area contributed by atoms with Crippen molar-refractivity contribution in [2.45, 2.75) is 57.1 Å². The van der Waals surface area contributed by atoms with Gasteiger partial charge in [-0.15, -0.1) is 0 Å². The van der Waals surface area contributed by atoms with E-state index in [0.29, 0.717) is 58.3 Å². The van der Waals surface area contributed by atoms with E-state index in [0.717, 1.165) is 38.9 Å². The van der Waals surface area contributed by atoms with Crippen molar-refractivity contribution in [3.05, 3.63) is 165 Å². The van der Waals surface area contributed by atoms with E-state index in [1.165, 1.54) is 0 Å². The van der Waals surface area contributed by atoms with Gasteiger partial charge in [0.25, 0.3) is 0 Å². The second-order valence-electron chi connectivity index (χ2n) is 14.6. The number of H-pyrrole nitrogens is 1. The molecule has 2 aliphatic rings. The normalized spacial score (nSPS) is 16.9. The molecule has 0 bridgehead atoms. The topological polar surface area (TPSA) is 150 Å². The number of rotatable bonds is 12. The third-order valence-electron chi connectivity index (χ3n) is 10.8. The van der Waals surface area contributed by atoms with Crippen molar-refractivity contribution < 1.29 is 28.9 Å². The first-order valence-electron chi connectivity index (χ1n) is 19.1. The number of fused-ring (bicyclic) bond motifs is 2. The van der Waals surface area contributed by atoms with Crippen molar-refractivity contribution in [2.75, 3.05) is 6.61 Å². The second kappa shape index (κ2) is 17.3. The number of carbonyl (C=O) groups is 2. The SMILES string of the molecule is CC(c1ncc[nH]1)N1Cc2cc3c(cc2CC1C(=O)NC(Cc1ccc(-c2ccc(C#N)cc2)cc1)C(=O)O)OCC(c1ccc(OCc2ccc(Cl)c(Cl)c2)cc1)O3. The smallest absolute Gasteiger partial charge is 0.326 e. The van der Waals surface area contributed by atoms with Crippen LogP contribution in [0.15, 0.2) is 116 Å². The third-order valence-corrected chi connectivity index (χ3v) is 11.5. The van der Waals surface area contributed by atoms with Crippen molar-refractivity contribution in [1.82, 2.24) is 20.2 Å². The highest BCUT2D eigenvalue weighted by Crippen LogP contribution is 2.42. The highest BCUT2D eigenvalue weighted by molar-refractivity contribution is 6.42. The van der Waals surface area contributed by atoms with Crippen LogP contribution in [0.3, 0.4) is 0 Å². The van der Waals surface area contributed by atoms with Gasteiger partial charge in [0.2, 0.25) is 5.91 Å². The molecule has 0 spiro atoms. The lowest BCUT2D eigenvalue weighted by atomic mass is 9.91. The minimum absolute atomic E-state index is 0.0973.